The Hall–Kier alpha value is -3.70. The molecule has 5 rings (SSSR count). The van der Waals surface area contributed by atoms with Crippen LogP contribution in [-0.2, 0) is 24.3 Å². The van der Waals surface area contributed by atoms with E-state index in [2.05, 4.69) is 5.32 Å². The summed E-state index contributed by atoms with van der Waals surface area (Å²) in [5.41, 5.74) is -1.16. The molecule has 1 fully saturated rings. The highest BCUT2D eigenvalue weighted by Gasteiger charge is 2.51. The Morgan fingerprint density at radius 1 is 1.16 bits per heavy atom. The van der Waals surface area contributed by atoms with Gasteiger partial charge in [0.1, 0.15) is 29.5 Å². The van der Waals surface area contributed by atoms with E-state index in [9.17, 15) is 37.5 Å². The highest BCUT2D eigenvalue weighted by molar-refractivity contribution is 7.51. The van der Waals surface area contributed by atoms with Crippen molar-refractivity contribution in [1.82, 2.24) is 14.8 Å². The summed E-state index contributed by atoms with van der Waals surface area (Å²) in [4.78, 5) is 62.0. The quantitative estimate of drug-likeness (QED) is 0.288. The molecule has 234 valence electrons. The highest BCUT2D eigenvalue weighted by Crippen LogP contribution is 2.44. The van der Waals surface area contributed by atoms with Crippen LogP contribution in [0, 0.1) is 17.0 Å². The van der Waals surface area contributed by atoms with E-state index in [0.29, 0.717) is 32.0 Å². The Morgan fingerprint density at radius 3 is 2.61 bits per heavy atom. The van der Waals surface area contributed by atoms with Gasteiger partial charge in [0.15, 0.2) is 11.5 Å². The molecule has 1 aromatic heterocycles. The van der Waals surface area contributed by atoms with Crippen molar-refractivity contribution in [3.05, 3.63) is 99.0 Å². The van der Waals surface area contributed by atoms with Crippen LogP contribution < -0.4 is 15.5 Å². The van der Waals surface area contributed by atoms with Crippen molar-refractivity contribution >= 4 is 19.3 Å². The Labute approximate surface area is 252 Å². The number of ether oxygens (including phenoxy) is 1. The van der Waals surface area contributed by atoms with Gasteiger partial charge in [-0.15, -0.1) is 0 Å². The van der Waals surface area contributed by atoms with Gasteiger partial charge in [0.25, 0.3) is 5.91 Å². The Bertz CT molecular complexity index is 1680. The van der Waals surface area contributed by atoms with E-state index in [0.717, 1.165) is 11.6 Å². The van der Waals surface area contributed by atoms with E-state index >= 15 is 0 Å². The molecule has 3 N–H and O–H groups in total. The van der Waals surface area contributed by atoms with Crippen molar-refractivity contribution in [2.45, 2.75) is 51.9 Å². The smallest absolute Gasteiger partial charge is 0.325 e. The minimum atomic E-state index is -4.19. The molecule has 13 heteroatoms. The number of piperidine rings is 1. The number of nitrogens with one attached hydrogen (secondary N) is 1. The first-order valence-corrected chi connectivity index (χ1v) is 16.2. The first-order valence-electron chi connectivity index (χ1n) is 14.4. The fourth-order valence-electron chi connectivity index (χ4n) is 6.14. The fraction of sp³-hybridized carbons (Fsp3) is 0.387. The van der Waals surface area contributed by atoms with Crippen molar-refractivity contribution in [3.8, 4) is 5.75 Å². The Morgan fingerprint density at radius 2 is 1.91 bits per heavy atom. The Balaban J connectivity index is 1.50. The number of likely N-dealkylation sites (tertiary alicyclic amines) is 1. The highest BCUT2D eigenvalue weighted by atomic mass is 31.2. The third-order valence-corrected chi connectivity index (χ3v) is 9.38. The van der Waals surface area contributed by atoms with Crippen molar-refractivity contribution < 1.29 is 37.5 Å². The van der Waals surface area contributed by atoms with Gasteiger partial charge in [-0.1, -0.05) is 43.3 Å². The number of aromatic nitrogens is 1. The maximum absolute atomic E-state index is 14.2. The average molecular weight is 630 g/mol. The summed E-state index contributed by atoms with van der Waals surface area (Å²) in [5, 5.41) is 2.51. The monoisotopic (exact) mass is 629 g/mol. The summed E-state index contributed by atoms with van der Waals surface area (Å²) in [6, 6.07) is 11.6. The standard InChI is InChI=1S/C31H34F2N3O7P/c1-31-11-5-12-35(13-6-14-44(40,41)42)25(31)18-36-17-23(30(39)34-16-21-9-10-22(32)15-24(21)33)27(37)28(26(36)29(31)38)43-19-20-7-3-2-4-8-20/h2-4,7-10,15,17,25H,5-6,11-14,16,18-19H2,1H3,(H,34,39)(H2,40,41,42)/t25-,31-/m0/s1. The predicted molar refractivity (Wildman–Crippen MR) is 158 cm³/mol. The van der Waals surface area contributed by atoms with E-state index in [1.54, 1.807) is 28.8 Å². The zero-order valence-electron chi connectivity index (χ0n) is 24.2. The van der Waals surface area contributed by atoms with Crippen LogP contribution in [-0.4, -0.2) is 56.2 Å². The van der Waals surface area contributed by atoms with Crippen LogP contribution >= 0.6 is 7.60 Å². The van der Waals surface area contributed by atoms with Crippen molar-refractivity contribution in [2.24, 2.45) is 5.41 Å². The van der Waals surface area contributed by atoms with Gasteiger partial charge < -0.3 is 24.4 Å². The number of amides is 1. The third-order valence-electron chi connectivity index (χ3n) is 8.48. The minimum absolute atomic E-state index is 0.0254. The van der Waals surface area contributed by atoms with Crippen LogP contribution in [0.4, 0.5) is 8.78 Å². The number of carbonyl (C=O) groups is 2. The van der Waals surface area contributed by atoms with Crippen molar-refractivity contribution in [2.75, 3.05) is 19.3 Å². The Kier molecular flexibility index (Phi) is 9.17. The zero-order valence-corrected chi connectivity index (χ0v) is 25.1. The van der Waals surface area contributed by atoms with Gasteiger partial charge in [0.05, 0.1) is 6.16 Å². The van der Waals surface area contributed by atoms with Crippen LogP contribution in [0.25, 0.3) is 0 Å². The number of pyridine rings is 1. The number of Topliss-reactive ketones (excluding diaryl/α,β-unsaturated/α-hetero) is 1. The summed E-state index contributed by atoms with van der Waals surface area (Å²) in [7, 11) is -4.19. The number of carbonyl (C=O) groups excluding carboxylic acids is 2. The molecule has 10 nitrogen and oxygen atoms in total. The van der Waals surface area contributed by atoms with E-state index in [1.807, 2.05) is 17.9 Å². The molecule has 2 aliphatic rings. The number of benzene rings is 2. The fourth-order valence-corrected chi connectivity index (χ4v) is 6.69. The normalized spacial score (nSPS) is 20.1. The largest absolute Gasteiger partial charge is 0.483 e. The van der Waals surface area contributed by atoms with Gasteiger partial charge >= 0.3 is 7.60 Å². The lowest BCUT2D eigenvalue weighted by Gasteiger charge is -2.50. The number of ketones is 1. The number of hydrogen-bond acceptors (Lipinski definition) is 6. The molecule has 3 aromatic rings. The molecule has 2 aromatic carbocycles. The molecule has 0 unspecified atom stereocenters. The maximum Gasteiger partial charge on any atom is 0.325 e. The number of nitrogens with zero attached hydrogens (tertiary/aromatic N) is 2. The topological polar surface area (TPSA) is 138 Å². The molecular formula is C31H34F2N3O7P. The van der Waals surface area contributed by atoms with E-state index < -0.39 is 36.0 Å². The van der Waals surface area contributed by atoms with Crippen LogP contribution in [0.1, 0.15) is 58.2 Å². The molecule has 0 bridgehead atoms. The van der Waals surface area contributed by atoms with Gasteiger partial charge in [-0.2, -0.15) is 0 Å². The van der Waals surface area contributed by atoms with Crippen LogP contribution in [0.5, 0.6) is 5.75 Å². The molecule has 44 heavy (non-hydrogen) atoms. The number of hydrogen-bond donors (Lipinski definition) is 3. The molecular weight excluding hydrogens is 595 g/mol. The van der Waals surface area contributed by atoms with Crippen molar-refractivity contribution in [1.29, 1.82) is 0 Å². The molecule has 3 heterocycles. The summed E-state index contributed by atoms with van der Waals surface area (Å²) >= 11 is 0. The van der Waals surface area contributed by atoms with Gasteiger partial charge in [-0.05, 0) is 44.0 Å². The maximum atomic E-state index is 14.2. The van der Waals surface area contributed by atoms with Crippen LogP contribution in [0.3, 0.4) is 0 Å². The molecule has 2 aliphatic heterocycles. The van der Waals surface area contributed by atoms with Gasteiger partial charge in [0, 0.05) is 42.4 Å². The molecule has 1 saturated heterocycles. The molecule has 0 saturated carbocycles. The van der Waals surface area contributed by atoms with Crippen molar-refractivity contribution in [3.63, 3.8) is 0 Å². The van der Waals surface area contributed by atoms with Crippen LogP contribution in [0.2, 0.25) is 0 Å². The second-order valence-electron chi connectivity index (χ2n) is 11.5. The van der Waals surface area contributed by atoms with Crippen LogP contribution in [0.15, 0.2) is 59.5 Å². The van der Waals surface area contributed by atoms with Gasteiger partial charge in [0.2, 0.25) is 5.43 Å². The summed E-state index contributed by atoms with van der Waals surface area (Å²) < 4.78 is 46.5. The predicted octanol–water partition coefficient (Wildman–Crippen LogP) is 3.87. The average Bonchev–Trinajstić information content (AvgIpc) is 2.97. The lowest BCUT2D eigenvalue weighted by Crippen LogP contribution is -2.60. The second kappa shape index (κ2) is 12.7. The third kappa shape index (κ3) is 6.68. The van der Waals surface area contributed by atoms with Gasteiger partial charge in [-0.25, -0.2) is 8.78 Å². The lowest BCUT2D eigenvalue weighted by atomic mass is 9.68. The molecule has 0 spiro atoms. The van der Waals surface area contributed by atoms with E-state index in [4.69, 9.17) is 4.74 Å². The number of halogens is 2. The van der Waals surface area contributed by atoms with E-state index in [1.165, 1.54) is 12.3 Å². The first kappa shape index (κ1) is 31.7. The molecule has 2 atom stereocenters. The SMILES string of the molecule is C[C@]12CCCN(CCCP(=O)(O)O)[C@H]1Cn1cc(C(=O)NCc3ccc(F)cc3F)c(=O)c(OCc3ccccc3)c1C2=O. The first-order chi connectivity index (χ1) is 20.9. The zero-order chi connectivity index (χ0) is 31.6. The second-order valence-corrected chi connectivity index (χ2v) is 13.3. The minimum Gasteiger partial charge on any atom is -0.483 e. The molecule has 0 aliphatic carbocycles. The van der Waals surface area contributed by atoms with E-state index in [-0.39, 0.29) is 66.7 Å². The molecule has 0 radical (unpaired) electrons. The lowest BCUT2D eigenvalue weighted by molar-refractivity contribution is 0.00733. The number of rotatable bonds is 10. The summed E-state index contributed by atoms with van der Waals surface area (Å²) in [6.07, 6.45) is 2.49. The van der Waals surface area contributed by atoms with Gasteiger partial charge in [-0.3, -0.25) is 23.8 Å². The summed E-state index contributed by atoms with van der Waals surface area (Å²) in [5.74, 6) is -2.99. The number of fused-ring (bicyclic) bond motifs is 2. The molecule has 1 amide bonds. The summed E-state index contributed by atoms with van der Waals surface area (Å²) in [6.45, 7) is 2.71.